The molecule has 6 heteroatoms. The summed E-state index contributed by atoms with van der Waals surface area (Å²) in [6, 6.07) is 7.46. The number of benzene rings is 1. The molecule has 6 nitrogen and oxygen atoms in total. The van der Waals surface area contributed by atoms with Crippen LogP contribution in [0.1, 0.15) is 19.4 Å². The zero-order valence-corrected chi connectivity index (χ0v) is 13.8. The van der Waals surface area contributed by atoms with Crippen LogP contribution in [0, 0.1) is 6.92 Å². The Labute approximate surface area is 136 Å². The molecular formula is C17H23NO5. The third-order valence-corrected chi connectivity index (χ3v) is 2.80. The van der Waals surface area contributed by atoms with Gasteiger partial charge in [-0.2, -0.15) is 0 Å². The SMILES string of the molecule is C=C(C)C(=O)OCC(COc1ccc(C)cc1)OC(=O)NCC. The average Bonchev–Trinajstić information content (AvgIpc) is 2.51. The van der Waals surface area contributed by atoms with Crippen molar-refractivity contribution < 1.29 is 23.8 Å². The van der Waals surface area contributed by atoms with Gasteiger partial charge in [0.05, 0.1) is 0 Å². The number of rotatable bonds is 8. The third-order valence-electron chi connectivity index (χ3n) is 2.80. The fraction of sp³-hybridized carbons (Fsp3) is 0.412. The number of hydrogen-bond acceptors (Lipinski definition) is 5. The lowest BCUT2D eigenvalue weighted by Gasteiger charge is -2.18. The highest BCUT2D eigenvalue weighted by molar-refractivity contribution is 5.86. The van der Waals surface area contributed by atoms with Crippen molar-refractivity contribution in [2.45, 2.75) is 26.9 Å². The second-order valence-electron chi connectivity index (χ2n) is 5.06. The smallest absolute Gasteiger partial charge is 0.407 e. The van der Waals surface area contributed by atoms with Crippen molar-refractivity contribution in [1.82, 2.24) is 5.32 Å². The molecule has 0 aliphatic heterocycles. The van der Waals surface area contributed by atoms with Crippen molar-refractivity contribution >= 4 is 12.1 Å². The summed E-state index contributed by atoms with van der Waals surface area (Å²) in [5.74, 6) is 0.108. The lowest BCUT2D eigenvalue weighted by molar-refractivity contribution is -0.142. The second kappa shape index (κ2) is 9.50. The summed E-state index contributed by atoms with van der Waals surface area (Å²) in [4.78, 5) is 23.0. The summed E-state index contributed by atoms with van der Waals surface area (Å²) in [7, 11) is 0. The van der Waals surface area contributed by atoms with E-state index in [1.54, 1.807) is 13.8 Å². The minimum atomic E-state index is -0.717. The standard InChI is InChI=1S/C17H23NO5/c1-5-18-17(20)23-15(11-22-16(19)12(2)3)10-21-14-8-6-13(4)7-9-14/h6-9,15H,2,5,10-11H2,1,3-4H3,(H,18,20). The van der Waals surface area contributed by atoms with Gasteiger partial charge in [0, 0.05) is 12.1 Å². The van der Waals surface area contributed by atoms with E-state index in [0.717, 1.165) is 5.56 Å². The highest BCUT2D eigenvalue weighted by Crippen LogP contribution is 2.12. The molecule has 0 radical (unpaired) electrons. The van der Waals surface area contributed by atoms with E-state index in [4.69, 9.17) is 14.2 Å². The van der Waals surface area contributed by atoms with Crippen molar-refractivity contribution in [2.24, 2.45) is 0 Å². The molecule has 0 aliphatic rings. The first-order valence-corrected chi connectivity index (χ1v) is 7.39. The van der Waals surface area contributed by atoms with Crippen LogP contribution in [-0.4, -0.2) is 37.9 Å². The van der Waals surface area contributed by atoms with Crippen LogP contribution in [0.2, 0.25) is 0 Å². The Balaban J connectivity index is 2.58. The Morgan fingerprint density at radius 3 is 2.43 bits per heavy atom. The Morgan fingerprint density at radius 1 is 1.22 bits per heavy atom. The number of carbonyl (C=O) groups excluding carboxylic acids is 2. The molecule has 1 rings (SSSR count). The fourth-order valence-corrected chi connectivity index (χ4v) is 1.57. The van der Waals surface area contributed by atoms with Crippen LogP contribution in [-0.2, 0) is 14.3 Å². The van der Waals surface area contributed by atoms with Gasteiger partial charge in [-0.15, -0.1) is 0 Å². The van der Waals surface area contributed by atoms with Gasteiger partial charge >= 0.3 is 12.1 Å². The molecular weight excluding hydrogens is 298 g/mol. The fourth-order valence-electron chi connectivity index (χ4n) is 1.57. The van der Waals surface area contributed by atoms with Gasteiger partial charge < -0.3 is 19.5 Å². The molecule has 0 fully saturated rings. The van der Waals surface area contributed by atoms with Crippen molar-refractivity contribution in [3.8, 4) is 5.75 Å². The molecule has 1 N–H and O–H groups in total. The molecule has 0 aliphatic carbocycles. The van der Waals surface area contributed by atoms with Crippen LogP contribution in [0.15, 0.2) is 36.4 Å². The quantitative estimate of drug-likeness (QED) is 0.588. The van der Waals surface area contributed by atoms with E-state index in [1.807, 2.05) is 31.2 Å². The Bertz CT molecular complexity index is 538. The number of hydrogen-bond donors (Lipinski definition) is 1. The molecule has 1 aromatic rings. The highest BCUT2D eigenvalue weighted by atomic mass is 16.6. The largest absolute Gasteiger partial charge is 0.490 e. The third kappa shape index (κ3) is 7.35. The van der Waals surface area contributed by atoms with Gasteiger partial charge in [0.2, 0.25) is 0 Å². The molecule has 0 heterocycles. The van der Waals surface area contributed by atoms with Crippen molar-refractivity contribution in [1.29, 1.82) is 0 Å². The van der Waals surface area contributed by atoms with Gasteiger partial charge in [-0.3, -0.25) is 0 Å². The van der Waals surface area contributed by atoms with Crippen LogP contribution in [0.5, 0.6) is 5.75 Å². The van der Waals surface area contributed by atoms with Crippen molar-refractivity contribution in [3.63, 3.8) is 0 Å². The molecule has 0 saturated carbocycles. The lowest BCUT2D eigenvalue weighted by atomic mass is 10.2. The van der Waals surface area contributed by atoms with E-state index in [0.29, 0.717) is 12.3 Å². The average molecular weight is 321 g/mol. The maximum absolute atomic E-state index is 11.5. The molecule has 0 aromatic heterocycles. The number of alkyl carbamates (subject to hydrolysis) is 1. The first-order chi connectivity index (χ1) is 10.9. The number of aryl methyl sites for hydroxylation is 1. The van der Waals surface area contributed by atoms with Crippen LogP contribution < -0.4 is 10.1 Å². The Morgan fingerprint density at radius 2 is 1.87 bits per heavy atom. The summed E-state index contributed by atoms with van der Waals surface area (Å²) in [6.07, 6.45) is -1.30. The van der Waals surface area contributed by atoms with E-state index in [-0.39, 0.29) is 18.8 Å². The predicted molar refractivity (Wildman–Crippen MR) is 86.4 cm³/mol. The molecule has 1 aromatic carbocycles. The van der Waals surface area contributed by atoms with Crippen molar-refractivity contribution in [2.75, 3.05) is 19.8 Å². The Hall–Kier alpha value is -2.50. The zero-order valence-electron chi connectivity index (χ0n) is 13.8. The summed E-state index contributed by atoms with van der Waals surface area (Å²) in [5, 5.41) is 2.52. The van der Waals surface area contributed by atoms with Gasteiger partial charge in [0.25, 0.3) is 0 Å². The predicted octanol–water partition coefficient (Wildman–Crippen LogP) is 2.61. The second-order valence-corrected chi connectivity index (χ2v) is 5.06. The number of ether oxygens (including phenoxy) is 3. The zero-order chi connectivity index (χ0) is 17.2. The molecule has 1 atom stereocenters. The van der Waals surface area contributed by atoms with Gasteiger partial charge in [0.1, 0.15) is 19.0 Å². The monoisotopic (exact) mass is 321 g/mol. The molecule has 0 saturated heterocycles. The van der Waals surface area contributed by atoms with Crippen LogP contribution in [0.3, 0.4) is 0 Å². The molecule has 23 heavy (non-hydrogen) atoms. The lowest BCUT2D eigenvalue weighted by Crippen LogP contribution is -2.35. The van der Waals surface area contributed by atoms with Gasteiger partial charge in [0.15, 0.2) is 6.10 Å². The normalized spacial score (nSPS) is 11.3. The maximum Gasteiger partial charge on any atom is 0.407 e. The number of carbonyl (C=O) groups is 2. The molecule has 0 spiro atoms. The molecule has 0 bridgehead atoms. The van der Waals surface area contributed by atoms with Gasteiger partial charge in [-0.1, -0.05) is 24.3 Å². The van der Waals surface area contributed by atoms with Gasteiger partial charge in [-0.25, -0.2) is 9.59 Å². The van der Waals surface area contributed by atoms with E-state index >= 15 is 0 Å². The highest BCUT2D eigenvalue weighted by Gasteiger charge is 2.18. The minimum Gasteiger partial charge on any atom is -0.490 e. The number of esters is 1. The Kier molecular flexibility index (Phi) is 7.66. The first kappa shape index (κ1) is 18.5. The summed E-state index contributed by atoms with van der Waals surface area (Å²) >= 11 is 0. The summed E-state index contributed by atoms with van der Waals surface area (Å²) in [5.41, 5.74) is 1.39. The van der Waals surface area contributed by atoms with E-state index < -0.39 is 18.2 Å². The topological polar surface area (TPSA) is 73.9 Å². The van der Waals surface area contributed by atoms with Gasteiger partial charge in [-0.05, 0) is 32.9 Å². The molecule has 126 valence electrons. The van der Waals surface area contributed by atoms with E-state index in [2.05, 4.69) is 11.9 Å². The van der Waals surface area contributed by atoms with E-state index in [9.17, 15) is 9.59 Å². The molecule has 1 unspecified atom stereocenters. The minimum absolute atomic E-state index is 0.0731. The van der Waals surface area contributed by atoms with E-state index in [1.165, 1.54) is 0 Å². The van der Waals surface area contributed by atoms with Crippen molar-refractivity contribution in [3.05, 3.63) is 42.0 Å². The number of amides is 1. The number of nitrogens with one attached hydrogen (secondary N) is 1. The van der Waals surface area contributed by atoms with Crippen LogP contribution >= 0.6 is 0 Å². The van der Waals surface area contributed by atoms with Crippen LogP contribution in [0.4, 0.5) is 4.79 Å². The van der Waals surface area contributed by atoms with Crippen LogP contribution in [0.25, 0.3) is 0 Å². The summed E-state index contributed by atoms with van der Waals surface area (Å²) in [6.45, 7) is 9.21. The molecule has 1 amide bonds. The maximum atomic E-state index is 11.5. The summed E-state index contributed by atoms with van der Waals surface area (Å²) < 4.78 is 15.8. The first-order valence-electron chi connectivity index (χ1n) is 7.39.